The lowest BCUT2D eigenvalue weighted by Gasteiger charge is -2.35. The van der Waals surface area contributed by atoms with Crippen molar-refractivity contribution in [1.29, 1.82) is 0 Å². The molecular formula is C25H42O6. The molecule has 2 rings (SSSR count). The van der Waals surface area contributed by atoms with Crippen molar-refractivity contribution in [3.05, 3.63) is 23.8 Å². The van der Waals surface area contributed by atoms with Gasteiger partial charge in [-0.1, -0.05) is 39.0 Å². The second-order valence-corrected chi connectivity index (χ2v) is 9.96. The third kappa shape index (κ3) is 7.14. The standard InChI is InChI=1S/C25H42O6/c1-15(14-25(6)24(31-25)18(4)23(29-7)19(5)26)9-8-10-16(2)22-17(3)11-12-20(30-22)13-21(27)28/h8-10,15,17-20,22-24,26H,11-14H2,1-7H3,(H,27,28)/b9-8+,16-10+/t15-,17+,18+,19-,20-,22-,23-,24-,25+/m1/s1. The van der Waals surface area contributed by atoms with Gasteiger partial charge in [0.05, 0.1) is 42.5 Å². The minimum atomic E-state index is -0.803. The SMILES string of the molecule is CO[C@H]([C@H](C)[C@H]1O[C@@]1(C)C[C@H](C)/C=C/C=C(\C)[C@H]1O[C@@H](CC(=O)O)CC[C@@H]1C)[C@@H](C)O. The van der Waals surface area contributed by atoms with Crippen LogP contribution in [0.15, 0.2) is 23.8 Å². The van der Waals surface area contributed by atoms with Gasteiger partial charge in [-0.15, -0.1) is 0 Å². The molecule has 2 saturated heterocycles. The minimum absolute atomic E-state index is 0.0287. The molecule has 2 aliphatic heterocycles. The van der Waals surface area contributed by atoms with E-state index in [1.807, 2.05) is 0 Å². The Morgan fingerprint density at radius 3 is 2.55 bits per heavy atom. The molecule has 0 radical (unpaired) electrons. The van der Waals surface area contributed by atoms with Gasteiger partial charge in [-0.3, -0.25) is 4.79 Å². The number of hydrogen-bond donors (Lipinski definition) is 2. The van der Waals surface area contributed by atoms with Crippen molar-refractivity contribution >= 4 is 5.97 Å². The van der Waals surface area contributed by atoms with Crippen LogP contribution in [0.1, 0.15) is 67.2 Å². The molecule has 0 amide bonds. The maximum absolute atomic E-state index is 11.0. The molecule has 178 valence electrons. The number of epoxide rings is 1. The number of aliphatic carboxylic acids is 1. The molecule has 2 aliphatic rings. The first-order chi connectivity index (χ1) is 14.5. The molecule has 0 aromatic heterocycles. The highest BCUT2D eigenvalue weighted by Crippen LogP contribution is 2.47. The van der Waals surface area contributed by atoms with E-state index in [0.29, 0.717) is 11.8 Å². The van der Waals surface area contributed by atoms with Gasteiger partial charge in [0.1, 0.15) is 0 Å². The average Bonchev–Trinajstić information content (AvgIpc) is 3.33. The van der Waals surface area contributed by atoms with Crippen LogP contribution in [0.25, 0.3) is 0 Å². The molecule has 0 unspecified atom stereocenters. The normalized spacial score (nSPS) is 35.5. The number of hydrogen-bond acceptors (Lipinski definition) is 5. The van der Waals surface area contributed by atoms with E-state index in [2.05, 4.69) is 52.8 Å². The minimum Gasteiger partial charge on any atom is -0.481 e. The van der Waals surface area contributed by atoms with Crippen molar-refractivity contribution in [3.8, 4) is 0 Å². The highest BCUT2D eigenvalue weighted by molar-refractivity contribution is 5.67. The molecule has 2 N–H and O–H groups in total. The lowest BCUT2D eigenvalue weighted by molar-refractivity contribution is -0.143. The Hall–Kier alpha value is -1.21. The summed E-state index contributed by atoms with van der Waals surface area (Å²) >= 11 is 0. The van der Waals surface area contributed by atoms with Gasteiger partial charge in [0.15, 0.2) is 0 Å². The molecule has 9 atom stereocenters. The molecule has 0 spiro atoms. The summed E-state index contributed by atoms with van der Waals surface area (Å²) in [6.07, 6.45) is 8.21. The summed E-state index contributed by atoms with van der Waals surface area (Å²) in [5.41, 5.74) is 0.935. The monoisotopic (exact) mass is 438 g/mol. The van der Waals surface area contributed by atoms with Gasteiger partial charge in [0.2, 0.25) is 0 Å². The largest absolute Gasteiger partial charge is 0.481 e. The number of ether oxygens (including phenoxy) is 3. The van der Waals surface area contributed by atoms with E-state index in [9.17, 15) is 9.90 Å². The van der Waals surface area contributed by atoms with Crippen LogP contribution < -0.4 is 0 Å². The number of carboxylic acid groups (broad SMARTS) is 1. The Balaban J connectivity index is 1.89. The van der Waals surface area contributed by atoms with Gasteiger partial charge < -0.3 is 24.4 Å². The van der Waals surface area contributed by atoms with Crippen LogP contribution in [0.5, 0.6) is 0 Å². The zero-order chi connectivity index (χ0) is 23.3. The molecular weight excluding hydrogens is 396 g/mol. The van der Waals surface area contributed by atoms with E-state index >= 15 is 0 Å². The first-order valence-corrected chi connectivity index (χ1v) is 11.6. The van der Waals surface area contributed by atoms with E-state index in [0.717, 1.165) is 24.8 Å². The van der Waals surface area contributed by atoms with E-state index in [1.165, 1.54) is 0 Å². The van der Waals surface area contributed by atoms with Gasteiger partial charge in [-0.25, -0.2) is 0 Å². The van der Waals surface area contributed by atoms with Crippen LogP contribution in [0, 0.1) is 17.8 Å². The van der Waals surface area contributed by atoms with Crippen molar-refractivity contribution in [2.45, 2.75) is 103 Å². The zero-order valence-corrected chi connectivity index (χ0v) is 20.2. The maximum atomic E-state index is 11.0. The molecule has 0 saturated carbocycles. The van der Waals surface area contributed by atoms with Gasteiger partial charge in [0, 0.05) is 13.0 Å². The average molecular weight is 439 g/mol. The van der Waals surface area contributed by atoms with Crippen LogP contribution in [0.3, 0.4) is 0 Å². The third-order valence-corrected chi connectivity index (χ3v) is 6.86. The Labute approximate surface area is 187 Å². The van der Waals surface area contributed by atoms with E-state index < -0.39 is 12.1 Å². The van der Waals surface area contributed by atoms with Crippen molar-refractivity contribution in [2.75, 3.05) is 7.11 Å². The lowest BCUT2D eigenvalue weighted by Crippen LogP contribution is -2.36. The van der Waals surface area contributed by atoms with Crippen LogP contribution in [-0.2, 0) is 19.0 Å². The highest BCUT2D eigenvalue weighted by atomic mass is 16.6. The Morgan fingerprint density at radius 1 is 1.29 bits per heavy atom. The van der Waals surface area contributed by atoms with Gasteiger partial charge in [-0.2, -0.15) is 0 Å². The number of carboxylic acids is 1. The van der Waals surface area contributed by atoms with E-state index in [-0.39, 0.29) is 42.4 Å². The molecule has 6 nitrogen and oxygen atoms in total. The van der Waals surface area contributed by atoms with Crippen LogP contribution in [0.4, 0.5) is 0 Å². The second kappa shape index (κ2) is 11.1. The van der Waals surface area contributed by atoms with Crippen LogP contribution in [-0.4, -0.2) is 59.4 Å². The molecule has 2 fully saturated rings. The summed E-state index contributed by atoms with van der Waals surface area (Å²) in [4.78, 5) is 11.0. The summed E-state index contributed by atoms with van der Waals surface area (Å²) in [7, 11) is 1.63. The van der Waals surface area contributed by atoms with Gasteiger partial charge >= 0.3 is 5.97 Å². The van der Waals surface area contributed by atoms with Gasteiger partial charge in [-0.05, 0) is 57.4 Å². The van der Waals surface area contributed by atoms with Gasteiger partial charge in [0.25, 0.3) is 0 Å². The predicted octanol–water partition coefficient (Wildman–Crippen LogP) is 4.36. The summed E-state index contributed by atoms with van der Waals surface area (Å²) < 4.78 is 17.6. The first-order valence-electron chi connectivity index (χ1n) is 11.6. The van der Waals surface area contributed by atoms with Crippen molar-refractivity contribution < 1.29 is 29.2 Å². The van der Waals surface area contributed by atoms with Crippen LogP contribution in [0.2, 0.25) is 0 Å². The summed E-state index contributed by atoms with van der Waals surface area (Å²) in [6, 6.07) is 0. The number of rotatable bonds is 11. The Bertz CT molecular complexity index is 656. The second-order valence-electron chi connectivity index (χ2n) is 9.96. The van der Waals surface area contributed by atoms with Crippen molar-refractivity contribution in [1.82, 2.24) is 0 Å². The van der Waals surface area contributed by atoms with E-state index in [1.54, 1.807) is 14.0 Å². The molecule has 2 heterocycles. The topological polar surface area (TPSA) is 88.5 Å². The fraction of sp³-hybridized carbons (Fsp3) is 0.800. The molecule has 6 heteroatoms. The smallest absolute Gasteiger partial charge is 0.305 e. The fourth-order valence-electron chi connectivity index (χ4n) is 5.22. The fourth-order valence-corrected chi connectivity index (χ4v) is 5.22. The summed E-state index contributed by atoms with van der Waals surface area (Å²) in [5, 5.41) is 19.0. The molecule has 0 bridgehead atoms. The number of allylic oxidation sites excluding steroid dienone is 3. The molecule has 31 heavy (non-hydrogen) atoms. The highest BCUT2D eigenvalue weighted by Gasteiger charge is 2.56. The number of aliphatic hydroxyl groups is 1. The quantitative estimate of drug-likeness (QED) is 0.368. The maximum Gasteiger partial charge on any atom is 0.305 e. The predicted molar refractivity (Wildman–Crippen MR) is 121 cm³/mol. The van der Waals surface area contributed by atoms with E-state index in [4.69, 9.17) is 19.3 Å². The lowest BCUT2D eigenvalue weighted by atomic mass is 9.85. The number of methoxy groups -OCH3 is 1. The Morgan fingerprint density at radius 2 is 1.97 bits per heavy atom. The Kier molecular flexibility index (Phi) is 9.31. The molecule has 0 aromatic carbocycles. The third-order valence-electron chi connectivity index (χ3n) is 6.86. The van der Waals surface area contributed by atoms with Crippen molar-refractivity contribution in [3.63, 3.8) is 0 Å². The summed E-state index contributed by atoms with van der Waals surface area (Å²) in [5.74, 6) is 0.0402. The number of aliphatic hydroxyl groups excluding tert-OH is 1. The zero-order valence-electron chi connectivity index (χ0n) is 20.2. The molecule has 0 aromatic rings. The summed E-state index contributed by atoms with van der Waals surface area (Å²) in [6.45, 7) is 12.4. The molecule has 0 aliphatic carbocycles. The first kappa shape index (κ1) is 26.0. The van der Waals surface area contributed by atoms with Crippen molar-refractivity contribution in [2.24, 2.45) is 17.8 Å². The number of carbonyl (C=O) groups is 1. The van der Waals surface area contributed by atoms with Crippen LogP contribution >= 0.6 is 0 Å².